The van der Waals surface area contributed by atoms with Crippen LogP contribution in [0.2, 0.25) is 0 Å². The maximum atomic E-state index is 5.92. The molecule has 0 fully saturated rings. The Morgan fingerprint density at radius 2 is 1.19 bits per heavy atom. The lowest BCUT2D eigenvalue weighted by Crippen LogP contribution is -2.07. The van der Waals surface area contributed by atoms with Crippen molar-refractivity contribution in [1.29, 1.82) is 0 Å². The van der Waals surface area contributed by atoms with Gasteiger partial charge in [0.1, 0.15) is 0 Å². The van der Waals surface area contributed by atoms with Crippen molar-refractivity contribution in [3.63, 3.8) is 0 Å². The van der Waals surface area contributed by atoms with E-state index >= 15 is 0 Å². The predicted molar refractivity (Wildman–Crippen MR) is 123 cm³/mol. The van der Waals surface area contributed by atoms with Crippen molar-refractivity contribution in [3.8, 4) is 0 Å². The molecular formula is C22H43O3PS. The lowest BCUT2D eigenvalue weighted by Gasteiger charge is -2.23. The van der Waals surface area contributed by atoms with Gasteiger partial charge in [0.05, 0.1) is 19.8 Å². The number of rotatable bonds is 16. The molecule has 2 unspecified atom stereocenters. The van der Waals surface area contributed by atoms with Gasteiger partial charge in [0.15, 0.2) is 0 Å². The summed E-state index contributed by atoms with van der Waals surface area (Å²) in [6.07, 6.45) is 11.2. The molecule has 0 heterocycles. The zero-order chi connectivity index (χ0) is 20.7. The third kappa shape index (κ3) is 16.6. The van der Waals surface area contributed by atoms with Gasteiger partial charge in [0.2, 0.25) is 0 Å². The Morgan fingerprint density at radius 3 is 1.52 bits per heavy atom. The highest BCUT2D eigenvalue weighted by Crippen LogP contribution is 2.50. The summed E-state index contributed by atoms with van der Waals surface area (Å²) in [6, 6.07) is 0. The monoisotopic (exact) mass is 418 g/mol. The summed E-state index contributed by atoms with van der Waals surface area (Å²) >= 11 is 5.57. The van der Waals surface area contributed by atoms with Gasteiger partial charge in [-0.25, -0.2) is 0 Å². The van der Waals surface area contributed by atoms with Crippen LogP contribution in [0, 0.1) is 11.8 Å². The quantitative estimate of drug-likeness (QED) is 0.189. The van der Waals surface area contributed by atoms with Gasteiger partial charge in [0, 0.05) is 0 Å². The topological polar surface area (TPSA) is 27.7 Å². The zero-order valence-electron chi connectivity index (χ0n) is 18.8. The molecule has 5 heteroatoms. The zero-order valence-corrected chi connectivity index (χ0v) is 20.5. The van der Waals surface area contributed by atoms with E-state index in [0.29, 0.717) is 31.7 Å². The first-order valence-corrected chi connectivity index (χ1v) is 13.0. The van der Waals surface area contributed by atoms with Crippen LogP contribution >= 0.6 is 6.72 Å². The Kier molecular flexibility index (Phi) is 15.9. The molecular weight excluding hydrogens is 375 g/mol. The van der Waals surface area contributed by atoms with Crippen LogP contribution in [0.15, 0.2) is 23.3 Å². The number of allylic oxidation sites excluding steroid dienone is 4. The van der Waals surface area contributed by atoms with E-state index in [1.165, 1.54) is 24.0 Å². The summed E-state index contributed by atoms with van der Waals surface area (Å²) in [5.41, 5.74) is 2.77. The molecule has 0 aromatic heterocycles. The Hall–Kier alpha value is 0.01000. The van der Waals surface area contributed by atoms with Crippen LogP contribution in [0.3, 0.4) is 0 Å². The molecule has 0 saturated heterocycles. The molecule has 0 aliphatic heterocycles. The average Bonchev–Trinajstić information content (AvgIpc) is 2.54. The molecule has 0 spiro atoms. The molecule has 0 amide bonds. The van der Waals surface area contributed by atoms with Crippen molar-refractivity contribution >= 4 is 18.5 Å². The molecule has 0 rings (SSSR count). The van der Waals surface area contributed by atoms with Crippen LogP contribution in [0.5, 0.6) is 0 Å². The highest BCUT2D eigenvalue weighted by molar-refractivity contribution is 8.07. The van der Waals surface area contributed by atoms with Gasteiger partial charge < -0.3 is 13.6 Å². The number of hydrogen-bond donors (Lipinski definition) is 0. The van der Waals surface area contributed by atoms with Crippen molar-refractivity contribution in [2.24, 2.45) is 11.8 Å². The lowest BCUT2D eigenvalue weighted by molar-refractivity contribution is 0.149. The molecule has 0 bridgehead atoms. The minimum Gasteiger partial charge on any atom is -0.309 e. The average molecular weight is 419 g/mol. The first kappa shape index (κ1) is 27.0. The summed E-state index contributed by atoms with van der Waals surface area (Å²) in [5, 5.41) is 0. The van der Waals surface area contributed by atoms with Gasteiger partial charge in [-0.15, -0.1) is 0 Å². The normalized spacial score (nSPS) is 15.7. The Morgan fingerprint density at radius 1 is 0.778 bits per heavy atom. The molecule has 0 aliphatic rings. The van der Waals surface area contributed by atoms with Crippen molar-refractivity contribution in [3.05, 3.63) is 23.3 Å². The minimum absolute atomic E-state index is 0.531. The third-order valence-electron chi connectivity index (χ3n) is 4.43. The Bertz CT molecular complexity index is 442. The predicted octanol–water partition coefficient (Wildman–Crippen LogP) is 7.83. The second-order valence-electron chi connectivity index (χ2n) is 8.04. The van der Waals surface area contributed by atoms with Gasteiger partial charge >= 0.3 is 6.72 Å². The summed E-state index contributed by atoms with van der Waals surface area (Å²) in [6.45, 7) is 14.2. The van der Waals surface area contributed by atoms with Crippen molar-refractivity contribution < 1.29 is 13.6 Å². The Balaban J connectivity index is 4.17. The third-order valence-corrected chi connectivity index (χ3v) is 6.95. The first-order valence-electron chi connectivity index (χ1n) is 10.5. The first-order chi connectivity index (χ1) is 12.7. The fraction of sp³-hybridized carbons (Fsp3) is 0.818. The lowest BCUT2D eigenvalue weighted by atomic mass is 10.0. The van der Waals surface area contributed by atoms with E-state index < -0.39 is 6.72 Å². The summed E-state index contributed by atoms with van der Waals surface area (Å²) < 4.78 is 17.5. The summed E-state index contributed by atoms with van der Waals surface area (Å²) in [7, 11) is 0. The Labute approximate surface area is 174 Å². The van der Waals surface area contributed by atoms with Crippen LogP contribution in [-0.4, -0.2) is 19.8 Å². The van der Waals surface area contributed by atoms with Gasteiger partial charge in [-0.2, -0.15) is 0 Å². The van der Waals surface area contributed by atoms with Crippen LogP contribution in [0.4, 0.5) is 0 Å². The van der Waals surface area contributed by atoms with Gasteiger partial charge in [0.25, 0.3) is 0 Å². The second kappa shape index (κ2) is 15.9. The minimum atomic E-state index is -2.61. The number of hydrogen-bond acceptors (Lipinski definition) is 4. The van der Waals surface area contributed by atoms with E-state index in [-0.39, 0.29) is 0 Å². The van der Waals surface area contributed by atoms with E-state index in [2.05, 4.69) is 53.7 Å². The van der Waals surface area contributed by atoms with Gasteiger partial charge in [-0.3, -0.25) is 0 Å². The maximum absolute atomic E-state index is 5.92. The van der Waals surface area contributed by atoms with E-state index in [0.717, 1.165) is 25.7 Å². The summed E-state index contributed by atoms with van der Waals surface area (Å²) in [4.78, 5) is 0. The molecule has 0 N–H and O–H groups in total. The molecule has 2 atom stereocenters. The van der Waals surface area contributed by atoms with Crippen LogP contribution in [0.1, 0.15) is 87.0 Å². The van der Waals surface area contributed by atoms with Crippen LogP contribution in [-0.2, 0) is 25.4 Å². The molecule has 0 aromatic carbocycles. The molecule has 0 saturated carbocycles. The molecule has 160 valence electrons. The fourth-order valence-corrected chi connectivity index (χ4v) is 4.56. The van der Waals surface area contributed by atoms with Crippen molar-refractivity contribution in [1.82, 2.24) is 0 Å². The van der Waals surface area contributed by atoms with E-state index in [1.54, 1.807) is 0 Å². The molecule has 0 aliphatic carbocycles. The standard InChI is InChI=1S/C22H43O3PS/c1-8-23-26(27,24-17-15-21(6)13-9-11-19(2)3)25-18-16-22(7)14-10-12-20(4)5/h11-12,21-22H,8-10,13-18H2,1-7H3. The molecule has 3 nitrogen and oxygen atoms in total. The van der Waals surface area contributed by atoms with Gasteiger partial charge in [-0.05, 0) is 96.8 Å². The van der Waals surface area contributed by atoms with Crippen molar-refractivity contribution in [2.45, 2.75) is 87.0 Å². The highest BCUT2D eigenvalue weighted by Gasteiger charge is 2.20. The van der Waals surface area contributed by atoms with E-state index in [1.807, 2.05) is 6.92 Å². The van der Waals surface area contributed by atoms with E-state index in [9.17, 15) is 0 Å². The van der Waals surface area contributed by atoms with Gasteiger partial charge in [-0.1, -0.05) is 37.1 Å². The van der Waals surface area contributed by atoms with Crippen LogP contribution < -0.4 is 0 Å². The van der Waals surface area contributed by atoms with Crippen LogP contribution in [0.25, 0.3) is 0 Å². The van der Waals surface area contributed by atoms with E-state index in [4.69, 9.17) is 25.4 Å². The fourth-order valence-electron chi connectivity index (χ4n) is 2.60. The molecule has 0 radical (unpaired) electrons. The SMILES string of the molecule is CCOP(=S)(OCCC(C)CCC=C(C)C)OCCC(C)CCC=C(C)C. The largest absolute Gasteiger partial charge is 0.327 e. The van der Waals surface area contributed by atoms with Crippen molar-refractivity contribution in [2.75, 3.05) is 19.8 Å². The highest BCUT2D eigenvalue weighted by atomic mass is 32.5. The smallest absolute Gasteiger partial charge is 0.309 e. The molecule has 27 heavy (non-hydrogen) atoms. The molecule has 0 aromatic rings. The second-order valence-corrected chi connectivity index (χ2v) is 11.0. The maximum Gasteiger partial charge on any atom is 0.327 e. The summed E-state index contributed by atoms with van der Waals surface area (Å²) in [5.74, 6) is 1.22.